The third kappa shape index (κ3) is 12.7. The fourth-order valence-corrected chi connectivity index (χ4v) is 5.13. The van der Waals surface area contributed by atoms with Crippen LogP contribution in [0.2, 0.25) is 0 Å². The number of amides is 4. The maximum atomic E-state index is 14.7. The molecule has 4 amide bonds. The molecule has 2 rings (SSSR count). The first-order chi connectivity index (χ1) is 22.0. The normalized spacial score (nSPS) is 13.8. The summed E-state index contributed by atoms with van der Waals surface area (Å²) in [5.41, 5.74) is 5.67. The summed E-state index contributed by atoms with van der Waals surface area (Å²) in [6, 6.07) is 11.2. The highest BCUT2D eigenvalue weighted by Gasteiger charge is 2.43. The van der Waals surface area contributed by atoms with E-state index in [4.69, 9.17) is 15.2 Å². The van der Waals surface area contributed by atoms with Crippen molar-refractivity contribution in [1.82, 2.24) is 15.5 Å². The topological polar surface area (TPSA) is 157 Å². The Morgan fingerprint density at radius 2 is 1.38 bits per heavy atom. The van der Waals surface area contributed by atoms with Gasteiger partial charge in [-0.2, -0.15) is 0 Å². The van der Waals surface area contributed by atoms with E-state index in [1.807, 2.05) is 62.4 Å². The average molecular weight is 667 g/mol. The van der Waals surface area contributed by atoms with E-state index in [0.29, 0.717) is 5.56 Å². The molecule has 3 unspecified atom stereocenters. The molecule has 0 radical (unpaired) electrons. The van der Waals surface area contributed by atoms with Gasteiger partial charge < -0.3 is 30.7 Å². The van der Waals surface area contributed by atoms with Crippen LogP contribution in [0.15, 0.2) is 48.5 Å². The van der Waals surface area contributed by atoms with Crippen molar-refractivity contribution in [3.63, 3.8) is 0 Å². The maximum absolute atomic E-state index is 14.7. The van der Waals surface area contributed by atoms with Gasteiger partial charge in [-0.25, -0.2) is 9.59 Å². The van der Waals surface area contributed by atoms with Crippen LogP contribution in [-0.4, -0.2) is 63.5 Å². The molecule has 0 fully saturated rings. The van der Waals surface area contributed by atoms with Crippen LogP contribution in [0.1, 0.15) is 103 Å². The SMILES string of the molecule is Cc1ccc(C)c(C(C(=O)NC(Cc2ccccc2)C(=O)OC(C)(C)C)N(C(=O)C(CCC(N)=O)NC(=O)OC(C)(C)C)C(C)(C)C)c1. The van der Waals surface area contributed by atoms with Crippen LogP contribution in [0.4, 0.5) is 4.79 Å². The van der Waals surface area contributed by atoms with Crippen LogP contribution in [0, 0.1) is 13.8 Å². The van der Waals surface area contributed by atoms with Crippen molar-refractivity contribution in [3.8, 4) is 0 Å². The Morgan fingerprint density at radius 3 is 1.90 bits per heavy atom. The van der Waals surface area contributed by atoms with Gasteiger partial charge in [0, 0.05) is 18.4 Å². The molecule has 3 atom stereocenters. The molecule has 0 aliphatic carbocycles. The Balaban J connectivity index is 2.72. The van der Waals surface area contributed by atoms with Crippen molar-refractivity contribution in [2.75, 3.05) is 0 Å². The van der Waals surface area contributed by atoms with E-state index in [2.05, 4.69) is 10.6 Å². The molecule has 0 aliphatic heterocycles. The molecule has 2 aromatic carbocycles. The number of carbonyl (C=O) groups is 5. The number of nitrogens with one attached hydrogen (secondary N) is 2. The summed E-state index contributed by atoms with van der Waals surface area (Å²) in [5, 5.41) is 5.51. The molecule has 0 saturated heterocycles. The molecule has 0 aromatic heterocycles. The number of nitrogens with zero attached hydrogens (tertiary/aromatic N) is 1. The number of carbonyl (C=O) groups excluding carboxylic acids is 5. The molecule has 0 heterocycles. The summed E-state index contributed by atoms with van der Waals surface area (Å²) in [5.74, 6) is -2.54. The van der Waals surface area contributed by atoms with Crippen molar-refractivity contribution >= 4 is 29.8 Å². The van der Waals surface area contributed by atoms with Gasteiger partial charge >= 0.3 is 12.1 Å². The number of hydrogen-bond donors (Lipinski definition) is 3. The second-order valence-electron chi connectivity index (χ2n) is 15.1. The largest absolute Gasteiger partial charge is 0.458 e. The van der Waals surface area contributed by atoms with E-state index in [1.54, 1.807) is 62.3 Å². The first-order valence-corrected chi connectivity index (χ1v) is 16.2. The number of primary amides is 1. The molecule has 264 valence electrons. The number of nitrogens with two attached hydrogens (primary N) is 1. The zero-order valence-corrected chi connectivity index (χ0v) is 30.4. The number of ether oxygens (including phenoxy) is 2. The first-order valence-electron chi connectivity index (χ1n) is 16.2. The molecule has 0 aliphatic rings. The van der Waals surface area contributed by atoms with Crippen LogP contribution >= 0.6 is 0 Å². The first kappa shape index (κ1) is 39.8. The molecule has 0 bridgehead atoms. The van der Waals surface area contributed by atoms with Gasteiger partial charge in [0.1, 0.15) is 29.3 Å². The van der Waals surface area contributed by atoms with Crippen LogP contribution in [0.25, 0.3) is 0 Å². The lowest BCUT2D eigenvalue weighted by molar-refractivity contribution is -0.159. The van der Waals surface area contributed by atoms with Gasteiger partial charge in [0.25, 0.3) is 0 Å². The second kappa shape index (κ2) is 16.1. The standard InChI is InChI=1S/C37H54N4O7/c1-23-17-18-24(2)26(21-23)30(31(43)39-28(33(45)47-36(6,7)8)22-25-15-13-12-14-16-25)41(35(3,4)5)32(44)27(19-20-29(38)42)40-34(46)48-37(9,10)11/h12-18,21,27-28,30H,19-20,22H2,1-11H3,(H2,38,42)(H,39,43)(H,40,46). The fraction of sp³-hybridized carbons (Fsp3) is 0.541. The molecule has 0 spiro atoms. The van der Waals surface area contributed by atoms with Gasteiger partial charge in [-0.1, -0.05) is 54.1 Å². The minimum Gasteiger partial charge on any atom is -0.458 e. The van der Waals surface area contributed by atoms with Crippen LogP contribution in [0.3, 0.4) is 0 Å². The monoisotopic (exact) mass is 666 g/mol. The lowest BCUT2D eigenvalue weighted by Gasteiger charge is -2.43. The van der Waals surface area contributed by atoms with E-state index in [-0.39, 0.29) is 19.3 Å². The Labute approximate surface area is 285 Å². The van der Waals surface area contributed by atoms with E-state index in [9.17, 15) is 24.0 Å². The van der Waals surface area contributed by atoms with Crippen molar-refractivity contribution in [2.24, 2.45) is 5.73 Å². The smallest absolute Gasteiger partial charge is 0.408 e. The number of hydrogen-bond acceptors (Lipinski definition) is 7. The van der Waals surface area contributed by atoms with Crippen LogP contribution in [0.5, 0.6) is 0 Å². The predicted octanol–water partition coefficient (Wildman–Crippen LogP) is 5.20. The van der Waals surface area contributed by atoms with Gasteiger partial charge in [0.2, 0.25) is 17.7 Å². The molecule has 11 nitrogen and oxygen atoms in total. The van der Waals surface area contributed by atoms with Crippen molar-refractivity contribution in [2.45, 2.75) is 130 Å². The van der Waals surface area contributed by atoms with Crippen molar-refractivity contribution in [1.29, 1.82) is 0 Å². The zero-order chi connectivity index (χ0) is 36.6. The number of alkyl carbamates (subject to hydrolysis) is 1. The van der Waals surface area contributed by atoms with E-state index < -0.39 is 64.7 Å². The third-order valence-corrected chi connectivity index (χ3v) is 7.15. The Bertz CT molecular complexity index is 1450. The predicted molar refractivity (Wildman–Crippen MR) is 185 cm³/mol. The Hall–Kier alpha value is -4.41. The summed E-state index contributed by atoms with van der Waals surface area (Å²) < 4.78 is 11.1. The van der Waals surface area contributed by atoms with Gasteiger partial charge in [-0.15, -0.1) is 0 Å². The van der Waals surface area contributed by atoms with Crippen molar-refractivity contribution < 1.29 is 33.4 Å². The highest BCUT2D eigenvalue weighted by atomic mass is 16.6. The van der Waals surface area contributed by atoms with Gasteiger partial charge in [0.15, 0.2) is 0 Å². The van der Waals surface area contributed by atoms with Gasteiger partial charge in [-0.05, 0) is 99.3 Å². The highest BCUT2D eigenvalue weighted by molar-refractivity contribution is 5.95. The average Bonchev–Trinajstić information content (AvgIpc) is 2.92. The van der Waals surface area contributed by atoms with E-state index in [0.717, 1.165) is 16.7 Å². The summed E-state index contributed by atoms with van der Waals surface area (Å²) >= 11 is 0. The number of rotatable bonds is 12. The quantitative estimate of drug-likeness (QED) is 0.263. The van der Waals surface area contributed by atoms with Crippen molar-refractivity contribution in [3.05, 3.63) is 70.8 Å². The molecule has 4 N–H and O–H groups in total. The lowest BCUT2D eigenvalue weighted by atomic mass is 9.91. The van der Waals surface area contributed by atoms with Crippen LogP contribution < -0.4 is 16.4 Å². The van der Waals surface area contributed by atoms with E-state index in [1.165, 1.54) is 4.90 Å². The summed E-state index contributed by atoms with van der Waals surface area (Å²) in [6.45, 7) is 19.3. The molecular weight excluding hydrogens is 612 g/mol. The minimum atomic E-state index is -1.27. The molecule has 2 aromatic rings. The molecule has 0 saturated carbocycles. The Kier molecular flexibility index (Phi) is 13.4. The highest BCUT2D eigenvalue weighted by Crippen LogP contribution is 2.33. The second-order valence-corrected chi connectivity index (χ2v) is 15.1. The lowest BCUT2D eigenvalue weighted by Crippen LogP contribution is -2.60. The maximum Gasteiger partial charge on any atom is 0.408 e. The van der Waals surface area contributed by atoms with Gasteiger partial charge in [-0.3, -0.25) is 14.4 Å². The Morgan fingerprint density at radius 1 is 0.792 bits per heavy atom. The molecule has 48 heavy (non-hydrogen) atoms. The minimum absolute atomic E-state index is 0.129. The number of benzene rings is 2. The summed E-state index contributed by atoms with van der Waals surface area (Å²) in [7, 11) is 0. The molecule has 11 heteroatoms. The number of esters is 1. The van der Waals surface area contributed by atoms with Crippen LogP contribution in [-0.2, 0) is 35.1 Å². The fourth-order valence-electron chi connectivity index (χ4n) is 5.13. The summed E-state index contributed by atoms with van der Waals surface area (Å²) in [6.07, 6.45) is -1.05. The molecular formula is C37H54N4O7. The summed E-state index contributed by atoms with van der Waals surface area (Å²) in [4.78, 5) is 69.0. The van der Waals surface area contributed by atoms with Gasteiger partial charge in [0.05, 0.1) is 0 Å². The van der Waals surface area contributed by atoms with E-state index >= 15 is 0 Å². The third-order valence-electron chi connectivity index (χ3n) is 7.15. The number of aryl methyl sites for hydroxylation is 2. The zero-order valence-electron chi connectivity index (χ0n) is 30.4.